The first-order chi connectivity index (χ1) is 17.6. The summed E-state index contributed by atoms with van der Waals surface area (Å²) in [5.74, 6) is -0.311. The lowest BCUT2D eigenvalue weighted by Gasteiger charge is -2.46. The Hall–Kier alpha value is -1.71. The van der Waals surface area contributed by atoms with Gasteiger partial charge in [0.15, 0.2) is 6.29 Å². The van der Waals surface area contributed by atoms with Crippen molar-refractivity contribution in [2.45, 2.75) is 89.9 Å². The van der Waals surface area contributed by atoms with Crippen molar-refractivity contribution in [3.8, 4) is 0 Å². The quantitative estimate of drug-likeness (QED) is 0.240. The van der Waals surface area contributed by atoms with Gasteiger partial charge in [0.2, 0.25) is 4.38 Å². The van der Waals surface area contributed by atoms with Crippen LogP contribution in [0.2, 0.25) is 5.04 Å². The number of thioether (sulfide) groups is 1. The summed E-state index contributed by atoms with van der Waals surface area (Å²) >= 11 is 6.81. The molecule has 0 radical (unpaired) electrons. The van der Waals surface area contributed by atoms with E-state index in [1.54, 1.807) is 0 Å². The molecule has 0 bridgehead atoms. The average Bonchev–Trinajstić information content (AvgIpc) is 2.86. The van der Waals surface area contributed by atoms with E-state index in [1.807, 2.05) is 18.4 Å². The minimum absolute atomic E-state index is 0.205. The molecule has 8 heteroatoms. The highest BCUT2D eigenvalue weighted by atomic mass is 32.2. The zero-order valence-corrected chi connectivity index (χ0v) is 25.4. The van der Waals surface area contributed by atoms with E-state index in [4.69, 9.17) is 30.9 Å². The number of hydrogen-bond donors (Lipinski definition) is 0. The lowest BCUT2D eigenvalue weighted by molar-refractivity contribution is -0.193. The van der Waals surface area contributed by atoms with E-state index < -0.39 is 14.6 Å². The third kappa shape index (κ3) is 7.45. The molecule has 0 saturated carbocycles. The highest BCUT2D eigenvalue weighted by Gasteiger charge is 2.52. The molecule has 1 saturated heterocycles. The zero-order valence-electron chi connectivity index (χ0n) is 22.8. The van der Waals surface area contributed by atoms with E-state index in [-0.39, 0.29) is 29.3 Å². The summed E-state index contributed by atoms with van der Waals surface area (Å²) in [5.41, 5.74) is 0. The van der Waals surface area contributed by atoms with Gasteiger partial charge in [-0.15, -0.1) is 0 Å². The van der Waals surface area contributed by atoms with Crippen LogP contribution in [0.15, 0.2) is 60.7 Å². The molecule has 5 nitrogen and oxygen atoms in total. The molecule has 202 valence electrons. The second-order valence-corrected chi connectivity index (χ2v) is 16.1. The van der Waals surface area contributed by atoms with Gasteiger partial charge >= 0.3 is 5.97 Å². The smallest absolute Gasteiger partial charge is 0.302 e. The number of esters is 1. The minimum atomic E-state index is -2.88. The molecule has 0 spiro atoms. The van der Waals surface area contributed by atoms with E-state index >= 15 is 0 Å². The van der Waals surface area contributed by atoms with E-state index in [0.29, 0.717) is 30.1 Å². The summed E-state index contributed by atoms with van der Waals surface area (Å²) < 4.78 is 26.4. The molecule has 1 heterocycles. The maximum atomic E-state index is 11.9. The largest absolute Gasteiger partial charge is 0.475 e. The molecule has 0 aromatic heterocycles. The predicted molar refractivity (Wildman–Crippen MR) is 158 cm³/mol. The molecule has 1 unspecified atom stereocenters. The molecule has 3 rings (SSSR count). The Morgan fingerprint density at radius 3 is 2.05 bits per heavy atom. The Balaban J connectivity index is 2.10. The fraction of sp³-hybridized carbons (Fsp3) is 0.517. The molecule has 2 aromatic rings. The van der Waals surface area contributed by atoms with Crippen LogP contribution in [-0.2, 0) is 23.4 Å². The molecule has 37 heavy (non-hydrogen) atoms. The third-order valence-electron chi connectivity index (χ3n) is 6.84. The summed E-state index contributed by atoms with van der Waals surface area (Å²) in [6, 6.07) is 21.0. The summed E-state index contributed by atoms with van der Waals surface area (Å²) in [4.78, 5) is 11.9. The standard InChI is InChI=1S/C29H40O5S2Si/c1-7-25-26(31-21(2)30)19-18-22(32-28(35)36-6)20-27(33-25)34-37(29(3,4)5,23-14-10-8-11-15-23)24-16-12-9-13-17-24/h8-17,22,25-27H,7,18-20H2,1-6H3/t22?,25-,26-,27+/m1/s1. The normalized spacial score (nSPS) is 23.0. The number of carbonyl (C=O) groups excluding carboxylic acids is 1. The Morgan fingerprint density at radius 1 is 1.03 bits per heavy atom. The zero-order chi connectivity index (χ0) is 27.1. The number of rotatable bonds is 7. The van der Waals surface area contributed by atoms with Crippen LogP contribution in [-0.4, -0.2) is 49.5 Å². The van der Waals surface area contributed by atoms with Gasteiger partial charge in [-0.1, -0.05) is 100 Å². The summed E-state index contributed by atoms with van der Waals surface area (Å²) in [7, 11) is -2.88. The van der Waals surface area contributed by atoms with Gasteiger partial charge in [-0.3, -0.25) is 4.79 Å². The van der Waals surface area contributed by atoms with E-state index in [0.717, 1.165) is 0 Å². The topological polar surface area (TPSA) is 54.0 Å². The van der Waals surface area contributed by atoms with Crippen LogP contribution in [0.1, 0.15) is 60.3 Å². The van der Waals surface area contributed by atoms with Crippen LogP contribution in [0.25, 0.3) is 0 Å². The van der Waals surface area contributed by atoms with Gasteiger partial charge in [0.1, 0.15) is 12.2 Å². The Bertz CT molecular complexity index is 972. The first-order valence-electron chi connectivity index (χ1n) is 13.0. The van der Waals surface area contributed by atoms with Gasteiger partial charge < -0.3 is 18.6 Å². The fourth-order valence-corrected chi connectivity index (χ4v) is 10.1. The van der Waals surface area contributed by atoms with Crippen molar-refractivity contribution in [1.29, 1.82) is 0 Å². The van der Waals surface area contributed by atoms with Crippen molar-refractivity contribution in [2.75, 3.05) is 6.26 Å². The van der Waals surface area contributed by atoms with Crippen molar-refractivity contribution in [3.63, 3.8) is 0 Å². The monoisotopic (exact) mass is 560 g/mol. The third-order valence-corrected chi connectivity index (χ3v) is 12.9. The molecule has 0 aliphatic carbocycles. The molecule has 4 atom stereocenters. The van der Waals surface area contributed by atoms with Gasteiger partial charge in [-0.05, 0) is 53.1 Å². The van der Waals surface area contributed by atoms with E-state index in [1.165, 1.54) is 29.1 Å². The number of hydrogen-bond acceptors (Lipinski definition) is 7. The van der Waals surface area contributed by atoms with Gasteiger partial charge in [-0.25, -0.2) is 0 Å². The number of benzene rings is 2. The van der Waals surface area contributed by atoms with Crippen molar-refractivity contribution < 1.29 is 23.4 Å². The van der Waals surface area contributed by atoms with Crippen LogP contribution >= 0.6 is 24.0 Å². The van der Waals surface area contributed by atoms with Crippen molar-refractivity contribution in [1.82, 2.24) is 0 Å². The number of thiocarbonyl (C=S) groups is 1. The highest BCUT2D eigenvalue weighted by molar-refractivity contribution is 8.22. The average molecular weight is 561 g/mol. The van der Waals surface area contributed by atoms with Crippen LogP contribution < -0.4 is 10.4 Å². The van der Waals surface area contributed by atoms with Gasteiger partial charge in [-0.2, -0.15) is 0 Å². The van der Waals surface area contributed by atoms with Gasteiger partial charge in [0.25, 0.3) is 8.32 Å². The second-order valence-electron chi connectivity index (χ2n) is 10.4. The van der Waals surface area contributed by atoms with Crippen LogP contribution in [0.3, 0.4) is 0 Å². The molecular formula is C29H40O5S2Si. The van der Waals surface area contributed by atoms with Crippen molar-refractivity contribution in [2.24, 2.45) is 0 Å². The lowest BCUT2D eigenvalue weighted by atomic mass is 10.00. The minimum Gasteiger partial charge on any atom is -0.475 e. The summed E-state index contributed by atoms with van der Waals surface area (Å²) in [6.07, 6.45) is 3.06. The van der Waals surface area contributed by atoms with Crippen LogP contribution in [0.4, 0.5) is 0 Å². The first-order valence-corrected chi connectivity index (χ1v) is 16.5. The fourth-order valence-electron chi connectivity index (χ4n) is 5.17. The summed E-state index contributed by atoms with van der Waals surface area (Å²) in [5, 5.41) is 2.16. The van der Waals surface area contributed by atoms with Crippen LogP contribution in [0, 0.1) is 0 Å². The van der Waals surface area contributed by atoms with E-state index in [9.17, 15) is 4.79 Å². The van der Waals surface area contributed by atoms with Crippen molar-refractivity contribution in [3.05, 3.63) is 60.7 Å². The molecule has 2 aromatic carbocycles. The van der Waals surface area contributed by atoms with Crippen molar-refractivity contribution >= 4 is 53.0 Å². The Morgan fingerprint density at radius 2 is 1.59 bits per heavy atom. The molecule has 1 fully saturated rings. The number of carbonyl (C=O) groups is 1. The predicted octanol–water partition coefficient (Wildman–Crippen LogP) is 5.83. The maximum absolute atomic E-state index is 11.9. The molecular weight excluding hydrogens is 521 g/mol. The van der Waals surface area contributed by atoms with Gasteiger partial charge in [0.05, 0.1) is 6.10 Å². The first kappa shape index (κ1) is 29.8. The SMILES string of the molecule is CC[C@H]1O[C@@H](O[Si](c2ccccc2)(c2ccccc2)C(C)(C)C)CC(OC(=S)SC)CC[C@H]1OC(C)=O. The molecule has 1 aliphatic rings. The molecule has 1 aliphatic heterocycles. The highest BCUT2D eigenvalue weighted by Crippen LogP contribution is 2.39. The summed E-state index contributed by atoms with van der Waals surface area (Å²) in [6.45, 7) is 10.2. The van der Waals surface area contributed by atoms with Crippen LogP contribution in [0.5, 0.6) is 0 Å². The second kappa shape index (κ2) is 13.4. The molecule has 0 amide bonds. The number of ether oxygens (including phenoxy) is 3. The molecule has 0 N–H and O–H groups in total. The maximum Gasteiger partial charge on any atom is 0.302 e. The Labute approximate surface area is 232 Å². The lowest BCUT2D eigenvalue weighted by Crippen LogP contribution is -2.68. The Kier molecular flexibility index (Phi) is 10.8. The van der Waals surface area contributed by atoms with Gasteiger partial charge in [0, 0.05) is 13.3 Å². The van der Waals surface area contributed by atoms with E-state index in [2.05, 4.69) is 76.2 Å².